The average molecular weight is 357 g/mol. The molecule has 1 unspecified atom stereocenters. The lowest BCUT2D eigenvalue weighted by molar-refractivity contribution is 0.0946. The fraction of sp³-hybridized carbons (Fsp3) is 0.526. The molecule has 140 valence electrons. The van der Waals surface area contributed by atoms with E-state index >= 15 is 0 Å². The number of nitrogens with one attached hydrogen (secondary N) is 1. The molecule has 0 saturated carbocycles. The zero-order valence-electron chi connectivity index (χ0n) is 15.3. The average Bonchev–Trinajstić information content (AvgIpc) is 3.14. The molecule has 2 N–H and O–H groups in total. The Morgan fingerprint density at radius 2 is 2.23 bits per heavy atom. The highest BCUT2D eigenvalue weighted by Crippen LogP contribution is 2.23. The lowest BCUT2D eigenvalue weighted by Gasteiger charge is -2.32. The van der Waals surface area contributed by atoms with Crippen LogP contribution in [0.2, 0.25) is 0 Å². The maximum absolute atomic E-state index is 12.0. The lowest BCUT2D eigenvalue weighted by atomic mass is 10.0. The molecule has 1 atom stereocenters. The third kappa shape index (κ3) is 4.68. The number of amides is 1. The predicted molar refractivity (Wildman–Crippen MR) is 98.8 cm³/mol. The van der Waals surface area contributed by atoms with E-state index < -0.39 is 0 Å². The number of hydrogen-bond acceptors (Lipinski definition) is 5. The number of carbonyl (C=O) groups is 1. The van der Waals surface area contributed by atoms with Gasteiger partial charge in [0.05, 0.1) is 12.2 Å². The van der Waals surface area contributed by atoms with E-state index in [0.29, 0.717) is 18.7 Å². The first-order valence-corrected chi connectivity index (χ1v) is 9.25. The maximum Gasteiger partial charge on any atom is 0.273 e. The first-order chi connectivity index (χ1) is 12.7. The number of aryl methyl sites for hydroxylation is 1. The highest BCUT2D eigenvalue weighted by atomic mass is 16.3. The molecule has 1 aromatic carbocycles. The molecular weight excluding hydrogens is 330 g/mol. The highest BCUT2D eigenvalue weighted by Gasteiger charge is 2.23. The molecule has 3 rings (SSSR count). The van der Waals surface area contributed by atoms with E-state index in [4.69, 9.17) is 5.11 Å². The van der Waals surface area contributed by atoms with Gasteiger partial charge in [-0.05, 0) is 43.9 Å². The van der Waals surface area contributed by atoms with Crippen molar-refractivity contribution < 1.29 is 9.90 Å². The van der Waals surface area contributed by atoms with Gasteiger partial charge in [0.25, 0.3) is 5.91 Å². The Kier molecular flexibility index (Phi) is 6.35. The molecule has 1 aliphatic rings. The number of piperidine rings is 1. The SMILES string of the molecule is Cc1ccccc1CN1CCCC(n2cc(C(=O)NCCCO)nn2)C1. The van der Waals surface area contributed by atoms with Gasteiger partial charge in [-0.2, -0.15) is 0 Å². The molecule has 0 aliphatic carbocycles. The molecule has 1 aliphatic heterocycles. The summed E-state index contributed by atoms with van der Waals surface area (Å²) in [4.78, 5) is 14.5. The van der Waals surface area contributed by atoms with Crippen LogP contribution in [0.3, 0.4) is 0 Å². The molecule has 2 aromatic rings. The first-order valence-electron chi connectivity index (χ1n) is 9.25. The highest BCUT2D eigenvalue weighted by molar-refractivity contribution is 5.91. The van der Waals surface area contributed by atoms with Crippen LogP contribution >= 0.6 is 0 Å². The number of benzene rings is 1. The normalized spacial score (nSPS) is 18.0. The van der Waals surface area contributed by atoms with Gasteiger partial charge in [0.2, 0.25) is 0 Å². The third-order valence-electron chi connectivity index (χ3n) is 4.87. The van der Waals surface area contributed by atoms with Crippen molar-refractivity contribution in [2.75, 3.05) is 26.2 Å². The van der Waals surface area contributed by atoms with Crippen LogP contribution in [-0.2, 0) is 6.54 Å². The van der Waals surface area contributed by atoms with Crippen LogP contribution in [0.1, 0.15) is 46.9 Å². The molecule has 1 amide bonds. The molecule has 7 nitrogen and oxygen atoms in total. The van der Waals surface area contributed by atoms with E-state index in [1.807, 2.05) is 4.68 Å². The van der Waals surface area contributed by atoms with Crippen LogP contribution < -0.4 is 5.32 Å². The Hall–Kier alpha value is -2.25. The number of carbonyl (C=O) groups excluding carboxylic acids is 1. The van der Waals surface area contributed by atoms with Crippen LogP contribution in [0, 0.1) is 6.92 Å². The molecule has 1 fully saturated rings. The zero-order chi connectivity index (χ0) is 18.4. The summed E-state index contributed by atoms with van der Waals surface area (Å²) < 4.78 is 1.82. The molecule has 0 spiro atoms. The van der Waals surface area contributed by atoms with Crippen LogP contribution in [0.4, 0.5) is 0 Å². The zero-order valence-corrected chi connectivity index (χ0v) is 15.3. The summed E-state index contributed by atoms with van der Waals surface area (Å²) in [6, 6.07) is 8.72. The Balaban J connectivity index is 1.59. The van der Waals surface area contributed by atoms with Gasteiger partial charge in [-0.25, -0.2) is 4.68 Å². The van der Waals surface area contributed by atoms with E-state index in [1.54, 1.807) is 6.20 Å². The fourth-order valence-corrected chi connectivity index (χ4v) is 3.35. The third-order valence-corrected chi connectivity index (χ3v) is 4.87. The molecule has 0 bridgehead atoms. The lowest BCUT2D eigenvalue weighted by Crippen LogP contribution is -2.36. The van der Waals surface area contributed by atoms with Crippen molar-refractivity contribution in [2.24, 2.45) is 0 Å². The van der Waals surface area contributed by atoms with E-state index in [9.17, 15) is 4.79 Å². The molecule has 26 heavy (non-hydrogen) atoms. The Morgan fingerprint density at radius 1 is 1.38 bits per heavy atom. The number of likely N-dealkylation sites (tertiary alicyclic amines) is 1. The maximum atomic E-state index is 12.0. The molecular formula is C19H27N5O2. The first kappa shape index (κ1) is 18.5. The number of aliphatic hydroxyl groups is 1. The van der Waals surface area contributed by atoms with Gasteiger partial charge in [-0.1, -0.05) is 29.5 Å². The van der Waals surface area contributed by atoms with Crippen molar-refractivity contribution in [2.45, 2.75) is 38.8 Å². The Morgan fingerprint density at radius 3 is 3.04 bits per heavy atom. The van der Waals surface area contributed by atoms with Gasteiger partial charge in [-0.15, -0.1) is 5.10 Å². The van der Waals surface area contributed by atoms with Crippen molar-refractivity contribution >= 4 is 5.91 Å². The summed E-state index contributed by atoms with van der Waals surface area (Å²) in [7, 11) is 0. The quantitative estimate of drug-likeness (QED) is 0.735. The summed E-state index contributed by atoms with van der Waals surface area (Å²) in [5.41, 5.74) is 3.01. The van der Waals surface area contributed by atoms with Gasteiger partial charge >= 0.3 is 0 Å². The molecule has 1 saturated heterocycles. The minimum absolute atomic E-state index is 0.0613. The van der Waals surface area contributed by atoms with Crippen molar-refractivity contribution in [1.29, 1.82) is 0 Å². The Labute approximate surface area is 154 Å². The second kappa shape index (κ2) is 8.91. The number of aromatic nitrogens is 3. The molecule has 7 heteroatoms. The largest absolute Gasteiger partial charge is 0.396 e. The summed E-state index contributed by atoms with van der Waals surface area (Å²) in [5, 5.41) is 19.7. The van der Waals surface area contributed by atoms with E-state index in [-0.39, 0.29) is 18.6 Å². The van der Waals surface area contributed by atoms with E-state index in [2.05, 4.69) is 51.7 Å². The van der Waals surface area contributed by atoms with Crippen LogP contribution in [0.25, 0.3) is 0 Å². The smallest absolute Gasteiger partial charge is 0.273 e. The summed E-state index contributed by atoms with van der Waals surface area (Å²) in [5.74, 6) is -0.239. The second-order valence-electron chi connectivity index (χ2n) is 6.87. The minimum Gasteiger partial charge on any atom is -0.396 e. The summed E-state index contributed by atoms with van der Waals surface area (Å²) >= 11 is 0. The van der Waals surface area contributed by atoms with Gasteiger partial charge in [0, 0.05) is 26.2 Å². The standard InChI is InChI=1S/C19H27N5O2/c1-15-6-2-3-7-16(15)12-23-10-4-8-17(13-23)24-14-18(21-22-24)19(26)20-9-5-11-25/h2-3,6-7,14,17,25H,4-5,8-13H2,1H3,(H,20,26). The van der Waals surface area contributed by atoms with Gasteiger partial charge in [-0.3, -0.25) is 9.69 Å². The number of nitrogens with zero attached hydrogens (tertiary/aromatic N) is 4. The van der Waals surface area contributed by atoms with Gasteiger partial charge in [0.15, 0.2) is 5.69 Å². The van der Waals surface area contributed by atoms with Crippen molar-refractivity contribution in [3.8, 4) is 0 Å². The predicted octanol–water partition coefficient (Wildman–Crippen LogP) is 1.54. The van der Waals surface area contributed by atoms with Crippen molar-refractivity contribution in [3.63, 3.8) is 0 Å². The number of rotatable bonds is 7. The molecule has 2 heterocycles. The Bertz CT molecular complexity index is 730. The molecule has 0 radical (unpaired) electrons. The van der Waals surface area contributed by atoms with Crippen molar-refractivity contribution in [1.82, 2.24) is 25.2 Å². The van der Waals surface area contributed by atoms with Crippen LogP contribution in [0.5, 0.6) is 0 Å². The summed E-state index contributed by atoms with van der Waals surface area (Å²) in [6.45, 7) is 5.57. The van der Waals surface area contributed by atoms with Gasteiger partial charge < -0.3 is 10.4 Å². The van der Waals surface area contributed by atoms with E-state index in [0.717, 1.165) is 32.5 Å². The molecule has 1 aromatic heterocycles. The van der Waals surface area contributed by atoms with Gasteiger partial charge in [0.1, 0.15) is 0 Å². The monoisotopic (exact) mass is 357 g/mol. The fourth-order valence-electron chi connectivity index (χ4n) is 3.35. The second-order valence-corrected chi connectivity index (χ2v) is 6.87. The topological polar surface area (TPSA) is 83.3 Å². The van der Waals surface area contributed by atoms with Crippen LogP contribution in [0.15, 0.2) is 30.5 Å². The van der Waals surface area contributed by atoms with Crippen molar-refractivity contribution in [3.05, 3.63) is 47.3 Å². The number of hydrogen-bond donors (Lipinski definition) is 2. The van der Waals surface area contributed by atoms with Crippen LogP contribution in [-0.4, -0.2) is 57.1 Å². The number of aliphatic hydroxyl groups excluding tert-OH is 1. The summed E-state index contributed by atoms with van der Waals surface area (Å²) in [6.07, 6.45) is 4.42. The van der Waals surface area contributed by atoms with E-state index in [1.165, 1.54) is 11.1 Å². The minimum atomic E-state index is -0.239.